The van der Waals surface area contributed by atoms with Crippen molar-refractivity contribution in [3.63, 3.8) is 0 Å². The van der Waals surface area contributed by atoms with Crippen LogP contribution >= 0.6 is 0 Å². The molecule has 0 aliphatic rings. The van der Waals surface area contributed by atoms with Crippen LogP contribution in [-0.4, -0.2) is 15.0 Å². The molecule has 84 valence electrons. The first-order chi connectivity index (χ1) is 8.25. The van der Waals surface area contributed by atoms with Crippen LogP contribution in [-0.2, 0) is 0 Å². The Morgan fingerprint density at radius 2 is 1.94 bits per heavy atom. The van der Waals surface area contributed by atoms with Gasteiger partial charge >= 0.3 is 0 Å². The minimum absolute atomic E-state index is 0.921. The van der Waals surface area contributed by atoms with Gasteiger partial charge in [-0.2, -0.15) is 0 Å². The standard InChI is InChI=1S/C14H13N3/c1-9-4-3-6-15-13(9)11-5-7-16-14-12(11)8-10(2)17-14/h3-8H,1-2H3,(H,16,17). The fourth-order valence-electron chi connectivity index (χ4n) is 2.13. The van der Waals surface area contributed by atoms with Crippen LogP contribution in [0.2, 0.25) is 0 Å². The zero-order valence-electron chi connectivity index (χ0n) is 9.86. The average Bonchev–Trinajstić information content (AvgIpc) is 2.70. The molecule has 0 radical (unpaired) electrons. The summed E-state index contributed by atoms with van der Waals surface area (Å²) >= 11 is 0. The number of nitrogens with one attached hydrogen (secondary N) is 1. The summed E-state index contributed by atoms with van der Waals surface area (Å²) in [5.74, 6) is 0. The van der Waals surface area contributed by atoms with Crippen LogP contribution in [0.25, 0.3) is 22.3 Å². The Hall–Kier alpha value is -2.16. The summed E-state index contributed by atoms with van der Waals surface area (Å²) in [6.07, 6.45) is 3.65. The molecule has 0 saturated carbocycles. The predicted molar refractivity (Wildman–Crippen MR) is 68.8 cm³/mol. The van der Waals surface area contributed by atoms with Crippen molar-refractivity contribution in [2.24, 2.45) is 0 Å². The molecule has 0 aliphatic heterocycles. The zero-order valence-corrected chi connectivity index (χ0v) is 9.86. The van der Waals surface area contributed by atoms with E-state index < -0.39 is 0 Å². The largest absolute Gasteiger partial charge is 0.344 e. The summed E-state index contributed by atoms with van der Waals surface area (Å²) < 4.78 is 0. The van der Waals surface area contributed by atoms with Gasteiger partial charge in [-0.15, -0.1) is 0 Å². The molecule has 0 aromatic carbocycles. The van der Waals surface area contributed by atoms with Crippen molar-refractivity contribution >= 4 is 11.0 Å². The summed E-state index contributed by atoms with van der Waals surface area (Å²) in [5, 5.41) is 1.13. The molecule has 3 heterocycles. The van der Waals surface area contributed by atoms with Gasteiger partial charge in [-0.1, -0.05) is 6.07 Å². The van der Waals surface area contributed by atoms with E-state index in [1.807, 2.05) is 31.5 Å². The quantitative estimate of drug-likeness (QED) is 0.688. The highest BCUT2D eigenvalue weighted by molar-refractivity contribution is 5.93. The summed E-state index contributed by atoms with van der Waals surface area (Å²) in [5.41, 5.74) is 5.38. The summed E-state index contributed by atoms with van der Waals surface area (Å²) in [6.45, 7) is 4.12. The third-order valence-corrected chi connectivity index (χ3v) is 2.93. The number of nitrogens with zero attached hydrogens (tertiary/aromatic N) is 2. The van der Waals surface area contributed by atoms with Crippen molar-refractivity contribution in [3.05, 3.63) is 47.9 Å². The van der Waals surface area contributed by atoms with Crippen molar-refractivity contribution < 1.29 is 0 Å². The van der Waals surface area contributed by atoms with Crippen molar-refractivity contribution in [2.45, 2.75) is 13.8 Å². The van der Waals surface area contributed by atoms with E-state index in [0.717, 1.165) is 28.0 Å². The number of fused-ring (bicyclic) bond motifs is 1. The highest BCUT2D eigenvalue weighted by atomic mass is 14.8. The topological polar surface area (TPSA) is 41.6 Å². The van der Waals surface area contributed by atoms with Crippen LogP contribution in [0.5, 0.6) is 0 Å². The van der Waals surface area contributed by atoms with Crippen molar-refractivity contribution in [3.8, 4) is 11.3 Å². The minimum Gasteiger partial charge on any atom is -0.344 e. The maximum atomic E-state index is 4.47. The maximum absolute atomic E-state index is 4.47. The van der Waals surface area contributed by atoms with Crippen LogP contribution in [0, 0.1) is 13.8 Å². The second-order valence-corrected chi connectivity index (χ2v) is 4.24. The smallest absolute Gasteiger partial charge is 0.138 e. The number of rotatable bonds is 1. The average molecular weight is 223 g/mol. The second-order valence-electron chi connectivity index (χ2n) is 4.24. The second kappa shape index (κ2) is 3.70. The monoisotopic (exact) mass is 223 g/mol. The summed E-state index contributed by atoms with van der Waals surface area (Å²) in [6, 6.07) is 8.17. The van der Waals surface area contributed by atoms with Gasteiger partial charge in [-0.25, -0.2) is 4.98 Å². The van der Waals surface area contributed by atoms with Crippen LogP contribution in [0.1, 0.15) is 11.3 Å². The molecular formula is C14H13N3. The first-order valence-electron chi connectivity index (χ1n) is 5.62. The van der Waals surface area contributed by atoms with Crippen molar-refractivity contribution in [2.75, 3.05) is 0 Å². The Balaban J connectivity index is 2.34. The van der Waals surface area contributed by atoms with Gasteiger partial charge in [0, 0.05) is 29.0 Å². The molecule has 17 heavy (non-hydrogen) atoms. The molecule has 0 spiro atoms. The number of aryl methyl sites for hydroxylation is 2. The van der Waals surface area contributed by atoms with E-state index in [0.29, 0.717) is 0 Å². The van der Waals surface area contributed by atoms with Gasteiger partial charge in [0.2, 0.25) is 0 Å². The third kappa shape index (κ3) is 1.60. The molecule has 0 fully saturated rings. The Morgan fingerprint density at radius 1 is 1.06 bits per heavy atom. The lowest BCUT2D eigenvalue weighted by Crippen LogP contribution is -1.88. The zero-order chi connectivity index (χ0) is 11.8. The molecule has 3 nitrogen and oxygen atoms in total. The summed E-state index contributed by atoms with van der Waals surface area (Å²) in [7, 11) is 0. The molecule has 0 unspecified atom stereocenters. The third-order valence-electron chi connectivity index (χ3n) is 2.93. The summed E-state index contributed by atoms with van der Waals surface area (Å²) in [4.78, 5) is 12.0. The Kier molecular flexibility index (Phi) is 2.18. The number of hydrogen-bond acceptors (Lipinski definition) is 2. The van der Waals surface area contributed by atoms with Crippen molar-refractivity contribution in [1.82, 2.24) is 15.0 Å². The first kappa shape index (κ1) is 10.0. The van der Waals surface area contributed by atoms with Gasteiger partial charge in [0.1, 0.15) is 5.65 Å². The van der Waals surface area contributed by atoms with Crippen LogP contribution in [0.15, 0.2) is 36.7 Å². The lowest BCUT2D eigenvalue weighted by molar-refractivity contribution is 1.24. The van der Waals surface area contributed by atoms with E-state index in [4.69, 9.17) is 0 Å². The maximum Gasteiger partial charge on any atom is 0.138 e. The molecule has 0 aliphatic carbocycles. The fourth-order valence-corrected chi connectivity index (χ4v) is 2.13. The van der Waals surface area contributed by atoms with E-state index in [2.05, 4.69) is 34.0 Å². The van der Waals surface area contributed by atoms with E-state index in [1.165, 1.54) is 5.56 Å². The number of hydrogen-bond donors (Lipinski definition) is 1. The van der Waals surface area contributed by atoms with Crippen molar-refractivity contribution in [1.29, 1.82) is 0 Å². The minimum atomic E-state index is 0.921. The molecule has 1 N–H and O–H groups in total. The lowest BCUT2D eigenvalue weighted by atomic mass is 10.1. The number of pyridine rings is 2. The molecule has 3 aromatic heterocycles. The molecule has 0 atom stereocenters. The fraction of sp³-hybridized carbons (Fsp3) is 0.143. The Bertz CT molecular complexity index is 683. The van der Waals surface area contributed by atoms with Crippen LogP contribution in [0.3, 0.4) is 0 Å². The van der Waals surface area contributed by atoms with Gasteiger partial charge in [0.25, 0.3) is 0 Å². The first-order valence-corrected chi connectivity index (χ1v) is 5.62. The van der Waals surface area contributed by atoms with Gasteiger partial charge in [-0.3, -0.25) is 4.98 Å². The predicted octanol–water partition coefficient (Wildman–Crippen LogP) is 3.24. The van der Waals surface area contributed by atoms with E-state index in [1.54, 1.807) is 0 Å². The normalized spacial score (nSPS) is 10.9. The van der Waals surface area contributed by atoms with Gasteiger partial charge in [-0.05, 0) is 37.6 Å². The van der Waals surface area contributed by atoms with Gasteiger partial charge < -0.3 is 4.98 Å². The van der Waals surface area contributed by atoms with Gasteiger partial charge in [0.05, 0.1) is 5.69 Å². The molecule has 3 heteroatoms. The lowest BCUT2D eigenvalue weighted by Gasteiger charge is -2.05. The van der Waals surface area contributed by atoms with Gasteiger partial charge in [0.15, 0.2) is 0 Å². The molecule has 0 bridgehead atoms. The highest BCUT2D eigenvalue weighted by Crippen LogP contribution is 2.28. The van der Waals surface area contributed by atoms with E-state index in [9.17, 15) is 0 Å². The highest BCUT2D eigenvalue weighted by Gasteiger charge is 2.09. The molecule has 3 rings (SSSR count). The number of aromatic amines is 1. The van der Waals surface area contributed by atoms with Crippen LogP contribution in [0.4, 0.5) is 0 Å². The Morgan fingerprint density at radius 3 is 2.76 bits per heavy atom. The molecule has 0 saturated heterocycles. The Labute approximate surface area is 99.5 Å². The molecule has 0 amide bonds. The van der Waals surface area contributed by atoms with E-state index in [-0.39, 0.29) is 0 Å². The van der Waals surface area contributed by atoms with Crippen LogP contribution < -0.4 is 0 Å². The molecule has 3 aromatic rings. The number of aromatic nitrogens is 3. The molecular weight excluding hydrogens is 210 g/mol. The SMILES string of the molecule is Cc1cc2c(-c3ncccc3C)ccnc2[nH]1. The number of H-pyrrole nitrogens is 1. The van der Waals surface area contributed by atoms with E-state index >= 15 is 0 Å².